The molecule has 1 saturated heterocycles. The van der Waals surface area contributed by atoms with E-state index in [4.69, 9.17) is 0 Å². The van der Waals surface area contributed by atoms with Crippen LogP contribution in [0.25, 0.3) is 0 Å². The Balaban J connectivity index is 2.48. The third-order valence-electron chi connectivity index (χ3n) is 4.58. The van der Waals surface area contributed by atoms with E-state index < -0.39 is 0 Å². The second kappa shape index (κ2) is 8.35. The van der Waals surface area contributed by atoms with Gasteiger partial charge in [-0.1, -0.05) is 27.7 Å². The highest BCUT2D eigenvalue weighted by Gasteiger charge is 2.26. The van der Waals surface area contributed by atoms with Crippen molar-refractivity contribution < 1.29 is 0 Å². The first-order chi connectivity index (χ1) is 9.34. The van der Waals surface area contributed by atoms with Crippen LogP contribution in [0.5, 0.6) is 0 Å². The molecular formula is C17H37N3. The Morgan fingerprint density at radius 2 is 1.95 bits per heavy atom. The summed E-state index contributed by atoms with van der Waals surface area (Å²) in [5.74, 6) is 0. The molecule has 2 atom stereocenters. The van der Waals surface area contributed by atoms with Gasteiger partial charge in [0, 0.05) is 18.6 Å². The van der Waals surface area contributed by atoms with Gasteiger partial charge in [0.25, 0.3) is 0 Å². The highest BCUT2D eigenvalue weighted by molar-refractivity contribution is 4.83. The molecular weight excluding hydrogens is 246 g/mol. The van der Waals surface area contributed by atoms with Crippen molar-refractivity contribution in [1.29, 1.82) is 0 Å². The van der Waals surface area contributed by atoms with E-state index in [1.807, 2.05) is 0 Å². The molecule has 1 rings (SSSR count). The Labute approximate surface area is 127 Å². The van der Waals surface area contributed by atoms with E-state index in [1.54, 1.807) is 0 Å². The molecule has 0 radical (unpaired) electrons. The van der Waals surface area contributed by atoms with Gasteiger partial charge in [0.1, 0.15) is 0 Å². The summed E-state index contributed by atoms with van der Waals surface area (Å²) in [6.45, 7) is 17.8. The van der Waals surface area contributed by atoms with Crippen LogP contribution in [0, 0.1) is 5.41 Å². The van der Waals surface area contributed by atoms with Crippen LogP contribution in [0.4, 0.5) is 0 Å². The molecule has 2 unspecified atom stereocenters. The molecule has 0 aromatic heterocycles. The first-order valence-electron chi connectivity index (χ1n) is 8.50. The zero-order valence-corrected chi connectivity index (χ0v) is 14.7. The van der Waals surface area contributed by atoms with E-state index >= 15 is 0 Å². The molecule has 20 heavy (non-hydrogen) atoms. The predicted molar refractivity (Wildman–Crippen MR) is 89.3 cm³/mol. The lowest BCUT2D eigenvalue weighted by molar-refractivity contribution is 0.169. The van der Waals surface area contributed by atoms with Gasteiger partial charge in [-0.15, -0.1) is 0 Å². The first kappa shape index (κ1) is 17.9. The highest BCUT2D eigenvalue weighted by atomic mass is 15.2. The maximum atomic E-state index is 3.75. The van der Waals surface area contributed by atoms with E-state index in [-0.39, 0.29) is 0 Å². The van der Waals surface area contributed by atoms with Gasteiger partial charge in [-0.2, -0.15) is 0 Å². The zero-order chi connectivity index (χ0) is 15.2. The van der Waals surface area contributed by atoms with E-state index in [9.17, 15) is 0 Å². The van der Waals surface area contributed by atoms with Crippen LogP contribution < -0.4 is 5.32 Å². The summed E-state index contributed by atoms with van der Waals surface area (Å²) in [6.07, 6.45) is 3.79. The molecule has 0 spiro atoms. The van der Waals surface area contributed by atoms with Crippen LogP contribution in [0.15, 0.2) is 0 Å². The quantitative estimate of drug-likeness (QED) is 0.809. The maximum Gasteiger partial charge on any atom is 0.0194 e. The Morgan fingerprint density at radius 1 is 1.25 bits per heavy atom. The van der Waals surface area contributed by atoms with Gasteiger partial charge < -0.3 is 10.2 Å². The van der Waals surface area contributed by atoms with Crippen LogP contribution in [-0.2, 0) is 0 Å². The van der Waals surface area contributed by atoms with E-state index in [2.05, 4.69) is 56.8 Å². The Kier molecular flexibility index (Phi) is 7.49. The molecule has 0 bridgehead atoms. The van der Waals surface area contributed by atoms with Gasteiger partial charge in [0.05, 0.1) is 0 Å². The van der Waals surface area contributed by atoms with Crippen LogP contribution >= 0.6 is 0 Å². The average Bonchev–Trinajstić information content (AvgIpc) is 2.49. The number of rotatable bonds is 6. The van der Waals surface area contributed by atoms with E-state index in [0.29, 0.717) is 17.5 Å². The van der Waals surface area contributed by atoms with Crippen molar-refractivity contribution in [2.45, 2.75) is 66.0 Å². The summed E-state index contributed by atoms with van der Waals surface area (Å²) in [4.78, 5) is 5.16. The van der Waals surface area contributed by atoms with Gasteiger partial charge in [-0.25, -0.2) is 0 Å². The van der Waals surface area contributed by atoms with Crippen molar-refractivity contribution in [3.8, 4) is 0 Å². The van der Waals surface area contributed by atoms with Crippen molar-refractivity contribution in [2.75, 3.05) is 39.8 Å². The molecule has 1 aliphatic heterocycles. The summed E-state index contributed by atoms with van der Waals surface area (Å²) in [7, 11) is 2.25. The smallest absolute Gasteiger partial charge is 0.0194 e. The normalized spacial score (nSPS) is 24.6. The molecule has 3 heteroatoms. The van der Waals surface area contributed by atoms with E-state index in [0.717, 1.165) is 6.54 Å². The maximum absolute atomic E-state index is 3.75. The lowest BCUT2D eigenvalue weighted by atomic mass is 9.84. The molecule has 0 saturated carbocycles. The first-order valence-corrected chi connectivity index (χ1v) is 8.50. The minimum atomic E-state index is 0.348. The van der Waals surface area contributed by atoms with Gasteiger partial charge in [0.15, 0.2) is 0 Å². The van der Waals surface area contributed by atoms with E-state index in [1.165, 1.54) is 45.4 Å². The lowest BCUT2D eigenvalue weighted by Gasteiger charge is -2.35. The summed E-state index contributed by atoms with van der Waals surface area (Å²) in [5, 5.41) is 3.75. The summed E-state index contributed by atoms with van der Waals surface area (Å²) in [6, 6.07) is 1.31. The molecule has 0 aromatic carbocycles. The molecule has 1 heterocycles. The van der Waals surface area contributed by atoms with Crippen LogP contribution in [-0.4, -0.2) is 61.7 Å². The number of likely N-dealkylation sites (N-methyl/N-ethyl adjacent to an activating group) is 1. The van der Waals surface area contributed by atoms with Crippen LogP contribution in [0.2, 0.25) is 0 Å². The molecule has 1 fully saturated rings. The zero-order valence-electron chi connectivity index (χ0n) is 14.7. The Hall–Kier alpha value is -0.120. The number of hydrogen-bond acceptors (Lipinski definition) is 3. The SMILES string of the molecule is CCCNC(CCN1CCCN(C)CC1C)C(C)(C)C. The molecule has 120 valence electrons. The van der Waals surface area contributed by atoms with Crippen molar-refractivity contribution in [1.82, 2.24) is 15.1 Å². The monoisotopic (exact) mass is 283 g/mol. The Bertz CT molecular complexity index is 259. The predicted octanol–water partition coefficient (Wildman–Crippen LogP) is 2.82. The van der Waals surface area contributed by atoms with Gasteiger partial charge >= 0.3 is 0 Å². The summed E-state index contributed by atoms with van der Waals surface area (Å²) < 4.78 is 0. The fourth-order valence-corrected chi connectivity index (χ4v) is 3.21. The average molecular weight is 284 g/mol. The van der Waals surface area contributed by atoms with Crippen molar-refractivity contribution in [2.24, 2.45) is 5.41 Å². The number of nitrogens with one attached hydrogen (secondary N) is 1. The topological polar surface area (TPSA) is 18.5 Å². The molecule has 0 aliphatic carbocycles. The van der Waals surface area contributed by atoms with Crippen LogP contribution in [0.3, 0.4) is 0 Å². The minimum absolute atomic E-state index is 0.348. The molecule has 1 N–H and O–H groups in total. The lowest BCUT2D eigenvalue weighted by Crippen LogP contribution is -2.45. The minimum Gasteiger partial charge on any atom is -0.313 e. The van der Waals surface area contributed by atoms with Gasteiger partial charge in [-0.05, 0) is 64.8 Å². The standard InChI is InChI=1S/C17H37N3/c1-7-10-18-16(17(3,4)5)9-13-20-12-8-11-19(6)14-15(20)2/h15-16,18H,7-14H2,1-6H3. The second-order valence-corrected chi connectivity index (χ2v) is 7.66. The fourth-order valence-electron chi connectivity index (χ4n) is 3.21. The fraction of sp³-hybridized carbons (Fsp3) is 1.00. The highest BCUT2D eigenvalue weighted by Crippen LogP contribution is 2.23. The van der Waals surface area contributed by atoms with Crippen LogP contribution in [0.1, 0.15) is 53.9 Å². The summed E-state index contributed by atoms with van der Waals surface area (Å²) in [5.41, 5.74) is 0.348. The summed E-state index contributed by atoms with van der Waals surface area (Å²) >= 11 is 0. The third-order valence-corrected chi connectivity index (χ3v) is 4.58. The Morgan fingerprint density at radius 3 is 2.55 bits per heavy atom. The van der Waals surface area contributed by atoms with Crippen molar-refractivity contribution >= 4 is 0 Å². The van der Waals surface area contributed by atoms with Gasteiger partial charge in [0.2, 0.25) is 0 Å². The largest absolute Gasteiger partial charge is 0.313 e. The third kappa shape index (κ3) is 6.11. The number of hydrogen-bond donors (Lipinski definition) is 1. The number of nitrogens with zero attached hydrogens (tertiary/aromatic N) is 2. The van der Waals surface area contributed by atoms with Crippen molar-refractivity contribution in [3.63, 3.8) is 0 Å². The van der Waals surface area contributed by atoms with Crippen molar-refractivity contribution in [3.05, 3.63) is 0 Å². The molecule has 0 aromatic rings. The molecule has 0 amide bonds. The van der Waals surface area contributed by atoms with Gasteiger partial charge in [-0.3, -0.25) is 4.90 Å². The molecule has 3 nitrogen and oxygen atoms in total. The second-order valence-electron chi connectivity index (χ2n) is 7.66. The molecule has 1 aliphatic rings.